The number of hydrogen-bond donors (Lipinski definition) is 1. The number of nitrogens with zero attached hydrogens (tertiary/aromatic N) is 1. The van der Waals surface area contributed by atoms with Gasteiger partial charge in [0.25, 0.3) is 5.91 Å². The zero-order valence-corrected chi connectivity index (χ0v) is 18.1. The van der Waals surface area contributed by atoms with Gasteiger partial charge in [-0.1, -0.05) is 27.2 Å². The molecule has 1 N–H and O–H groups in total. The molecule has 1 aliphatic carbocycles. The second-order valence-electron chi connectivity index (χ2n) is 7.84. The van der Waals surface area contributed by atoms with Gasteiger partial charge < -0.3 is 19.7 Å². The summed E-state index contributed by atoms with van der Waals surface area (Å²) in [5, 5.41) is 3.06. The van der Waals surface area contributed by atoms with E-state index in [-0.39, 0.29) is 5.91 Å². The van der Waals surface area contributed by atoms with Crippen LogP contribution in [0.25, 0.3) is 0 Å². The third-order valence-corrected chi connectivity index (χ3v) is 5.68. The Kier molecular flexibility index (Phi) is 9.26. The van der Waals surface area contributed by atoms with Gasteiger partial charge in [-0.2, -0.15) is 0 Å². The molecule has 1 aromatic rings. The van der Waals surface area contributed by atoms with Gasteiger partial charge in [0.05, 0.1) is 6.61 Å². The number of amides is 1. The maximum Gasteiger partial charge on any atom is 0.256 e. The van der Waals surface area contributed by atoms with Crippen LogP contribution in [0.4, 0.5) is 5.69 Å². The molecule has 5 heteroatoms. The van der Waals surface area contributed by atoms with E-state index in [1.54, 1.807) is 0 Å². The topological polar surface area (TPSA) is 50.8 Å². The van der Waals surface area contributed by atoms with E-state index in [0.717, 1.165) is 56.8 Å². The standard InChI is InChI=1S/C23H38N2O3/c1-5-25(6-2)16-9-17-27-21-13-11-20(12-14-21)24-22(26)23(28-7-3)15-8-10-19(4)18-23/h11-14,19H,5-10,15-18H2,1-4H3,(H,24,26)/t19-,23-/m0/s1. The SMILES string of the molecule is CCO[C@@]1(C(=O)Nc2ccc(OCCCN(CC)CC)cc2)CCC[C@H](C)C1. The molecule has 28 heavy (non-hydrogen) atoms. The van der Waals surface area contributed by atoms with E-state index in [9.17, 15) is 4.79 Å². The van der Waals surface area contributed by atoms with Crippen LogP contribution in [0, 0.1) is 5.92 Å². The second-order valence-corrected chi connectivity index (χ2v) is 7.84. The van der Waals surface area contributed by atoms with Crippen LogP contribution in [0.5, 0.6) is 5.75 Å². The lowest BCUT2D eigenvalue weighted by atomic mass is 9.78. The van der Waals surface area contributed by atoms with Gasteiger partial charge in [0.2, 0.25) is 0 Å². The van der Waals surface area contributed by atoms with Crippen LogP contribution in [0.3, 0.4) is 0 Å². The molecule has 1 amide bonds. The first-order valence-electron chi connectivity index (χ1n) is 10.9. The van der Waals surface area contributed by atoms with Gasteiger partial charge in [-0.3, -0.25) is 4.79 Å². The van der Waals surface area contributed by atoms with Crippen LogP contribution in [0.1, 0.15) is 59.8 Å². The van der Waals surface area contributed by atoms with Gasteiger partial charge in [0.1, 0.15) is 11.4 Å². The van der Waals surface area contributed by atoms with E-state index in [1.165, 1.54) is 6.42 Å². The number of hydrogen-bond acceptors (Lipinski definition) is 4. The van der Waals surface area contributed by atoms with E-state index in [2.05, 4.69) is 31.0 Å². The summed E-state index contributed by atoms with van der Waals surface area (Å²) in [7, 11) is 0. The molecular formula is C23H38N2O3. The molecule has 0 heterocycles. The highest BCUT2D eigenvalue weighted by molar-refractivity contribution is 5.97. The molecule has 2 atom stereocenters. The molecule has 158 valence electrons. The van der Waals surface area contributed by atoms with Gasteiger partial charge in [0, 0.05) is 18.8 Å². The predicted molar refractivity (Wildman–Crippen MR) is 115 cm³/mol. The highest BCUT2D eigenvalue weighted by atomic mass is 16.5. The van der Waals surface area contributed by atoms with Crippen LogP contribution >= 0.6 is 0 Å². The summed E-state index contributed by atoms with van der Waals surface area (Å²) in [6.07, 6.45) is 4.80. The summed E-state index contributed by atoms with van der Waals surface area (Å²) in [5.74, 6) is 1.33. The van der Waals surface area contributed by atoms with E-state index >= 15 is 0 Å². The smallest absolute Gasteiger partial charge is 0.256 e. The summed E-state index contributed by atoms with van der Waals surface area (Å²) in [6, 6.07) is 7.65. The minimum absolute atomic E-state index is 0.0196. The first-order valence-corrected chi connectivity index (χ1v) is 10.9. The maximum absolute atomic E-state index is 13.0. The Hall–Kier alpha value is -1.59. The van der Waals surface area contributed by atoms with Gasteiger partial charge in [-0.25, -0.2) is 0 Å². The number of rotatable bonds is 11. The molecule has 5 nitrogen and oxygen atoms in total. The highest BCUT2D eigenvalue weighted by Crippen LogP contribution is 2.36. The van der Waals surface area contributed by atoms with Crippen LogP contribution < -0.4 is 10.1 Å². The molecular weight excluding hydrogens is 352 g/mol. The van der Waals surface area contributed by atoms with Crippen molar-refractivity contribution in [3.05, 3.63) is 24.3 Å². The molecule has 1 aromatic carbocycles. The molecule has 0 unspecified atom stereocenters. The fraction of sp³-hybridized carbons (Fsp3) is 0.696. The minimum atomic E-state index is -0.688. The van der Waals surface area contributed by atoms with Gasteiger partial charge in [-0.05, 0) is 75.9 Å². The Labute approximate surface area is 170 Å². The maximum atomic E-state index is 13.0. The van der Waals surface area contributed by atoms with Crippen LogP contribution in [0.2, 0.25) is 0 Å². The molecule has 0 bridgehead atoms. The van der Waals surface area contributed by atoms with E-state index in [4.69, 9.17) is 9.47 Å². The molecule has 1 fully saturated rings. The fourth-order valence-corrected chi connectivity index (χ4v) is 4.08. The zero-order valence-electron chi connectivity index (χ0n) is 18.1. The van der Waals surface area contributed by atoms with Crippen molar-refractivity contribution in [2.24, 2.45) is 5.92 Å². The predicted octanol–water partition coefficient (Wildman–Crippen LogP) is 4.72. The van der Waals surface area contributed by atoms with Gasteiger partial charge >= 0.3 is 0 Å². The molecule has 0 spiro atoms. The summed E-state index contributed by atoms with van der Waals surface area (Å²) in [6.45, 7) is 13.0. The highest BCUT2D eigenvalue weighted by Gasteiger charge is 2.42. The van der Waals surface area contributed by atoms with Gasteiger partial charge in [0.15, 0.2) is 0 Å². The molecule has 1 aliphatic rings. The monoisotopic (exact) mass is 390 g/mol. The van der Waals surface area contributed by atoms with Crippen molar-refractivity contribution in [2.75, 3.05) is 38.2 Å². The zero-order chi connectivity index (χ0) is 20.4. The fourth-order valence-electron chi connectivity index (χ4n) is 4.08. The van der Waals surface area contributed by atoms with Gasteiger partial charge in [-0.15, -0.1) is 0 Å². The van der Waals surface area contributed by atoms with E-state index in [1.807, 2.05) is 31.2 Å². The lowest BCUT2D eigenvalue weighted by molar-refractivity contribution is -0.147. The number of benzene rings is 1. The van der Waals surface area contributed by atoms with Crippen LogP contribution in [-0.4, -0.2) is 49.3 Å². The van der Waals surface area contributed by atoms with Crippen molar-refractivity contribution in [3.63, 3.8) is 0 Å². The van der Waals surface area contributed by atoms with Crippen molar-refractivity contribution in [1.29, 1.82) is 0 Å². The third kappa shape index (κ3) is 6.49. The summed E-state index contributed by atoms with van der Waals surface area (Å²) in [5.41, 5.74) is 0.101. The molecule has 1 saturated carbocycles. The van der Waals surface area contributed by atoms with Crippen molar-refractivity contribution in [3.8, 4) is 5.75 Å². The Morgan fingerprint density at radius 2 is 1.93 bits per heavy atom. The average Bonchev–Trinajstić information content (AvgIpc) is 2.69. The summed E-state index contributed by atoms with van der Waals surface area (Å²) in [4.78, 5) is 15.4. The molecule has 2 rings (SSSR count). The lowest BCUT2D eigenvalue weighted by Gasteiger charge is -2.38. The van der Waals surface area contributed by atoms with Crippen molar-refractivity contribution in [2.45, 2.75) is 65.4 Å². The first kappa shape index (κ1) is 22.7. The Morgan fingerprint density at radius 3 is 2.54 bits per heavy atom. The van der Waals surface area contributed by atoms with Crippen molar-refractivity contribution in [1.82, 2.24) is 4.90 Å². The quantitative estimate of drug-likeness (QED) is 0.556. The Balaban J connectivity index is 1.86. The Bertz CT molecular complexity index is 582. The molecule has 0 aliphatic heterocycles. The van der Waals surface area contributed by atoms with E-state index < -0.39 is 5.60 Å². The van der Waals surface area contributed by atoms with Crippen LogP contribution in [-0.2, 0) is 9.53 Å². The summed E-state index contributed by atoms with van der Waals surface area (Å²) < 4.78 is 11.8. The summed E-state index contributed by atoms with van der Waals surface area (Å²) >= 11 is 0. The number of anilines is 1. The molecule has 0 radical (unpaired) electrons. The van der Waals surface area contributed by atoms with E-state index in [0.29, 0.717) is 19.1 Å². The lowest BCUT2D eigenvalue weighted by Crippen LogP contribution is -2.48. The number of ether oxygens (including phenoxy) is 2. The second kappa shape index (κ2) is 11.4. The van der Waals surface area contributed by atoms with Crippen LogP contribution in [0.15, 0.2) is 24.3 Å². The van der Waals surface area contributed by atoms with Crippen molar-refractivity contribution < 1.29 is 14.3 Å². The minimum Gasteiger partial charge on any atom is -0.494 e. The number of carbonyl (C=O) groups excluding carboxylic acids is 1. The molecule has 0 saturated heterocycles. The number of nitrogens with one attached hydrogen (secondary N) is 1. The largest absolute Gasteiger partial charge is 0.494 e. The Morgan fingerprint density at radius 1 is 1.21 bits per heavy atom. The molecule has 0 aromatic heterocycles. The number of carbonyl (C=O) groups is 1. The van der Waals surface area contributed by atoms with Crippen molar-refractivity contribution >= 4 is 11.6 Å². The average molecular weight is 391 g/mol. The third-order valence-electron chi connectivity index (χ3n) is 5.68. The first-order chi connectivity index (χ1) is 13.5. The normalized spacial score (nSPS) is 22.2.